The first kappa shape index (κ1) is 18.1. The molecule has 25 heavy (non-hydrogen) atoms. The van der Waals surface area contributed by atoms with Crippen molar-refractivity contribution in [1.82, 2.24) is 14.9 Å². The number of thiophene rings is 1. The maximum Gasteiger partial charge on any atom is 0.262 e. The number of fused-ring (bicyclic) bond motifs is 1. The maximum atomic E-state index is 12.7. The molecule has 0 saturated carbocycles. The highest BCUT2D eigenvalue weighted by atomic mass is 32.1. The normalized spacial score (nSPS) is 17.3. The monoisotopic (exact) mass is 363 g/mol. The summed E-state index contributed by atoms with van der Waals surface area (Å²) in [6, 6.07) is 0. The Morgan fingerprint density at radius 2 is 2.32 bits per heavy atom. The first-order valence-corrected chi connectivity index (χ1v) is 9.81. The summed E-state index contributed by atoms with van der Waals surface area (Å²) in [7, 11) is 0. The fourth-order valence-corrected chi connectivity index (χ4v) is 4.22. The smallest absolute Gasteiger partial charge is 0.262 e. The number of aromatic nitrogens is 2. The van der Waals surface area contributed by atoms with E-state index < -0.39 is 0 Å². The van der Waals surface area contributed by atoms with E-state index in [1.165, 1.54) is 11.3 Å². The Hall–Kier alpha value is -1.73. The number of aryl methyl sites for hydroxylation is 2. The molecular formula is C18H25N3O3S. The molecule has 1 unspecified atom stereocenters. The number of carbonyl (C=O) groups is 1. The molecule has 0 bridgehead atoms. The van der Waals surface area contributed by atoms with Crippen LogP contribution >= 0.6 is 11.3 Å². The van der Waals surface area contributed by atoms with Gasteiger partial charge in [-0.3, -0.25) is 14.2 Å². The van der Waals surface area contributed by atoms with E-state index in [1.54, 1.807) is 10.9 Å². The molecule has 6 nitrogen and oxygen atoms in total. The van der Waals surface area contributed by atoms with E-state index >= 15 is 0 Å². The van der Waals surface area contributed by atoms with E-state index in [9.17, 15) is 9.59 Å². The van der Waals surface area contributed by atoms with Gasteiger partial charge in [-0.05, 0) is 31.7 Å². The van der Waals surface area contributed by atoms with Gasteiger partial charge in [-0.15, -0.1) is 11.3 Å². The van der Waals surface area contributed by atoms with Gasteiger partial charge in [0.25, 0.3) is 11.5 Å². The highest BCUT2D eigenvalue weighted by molar-refractivity contribution is 7.20. The summed E-state index contributed by atoms with van der Waals surface area (Å²) < 4.78 is 7.19. The van der Waals surface area contributed by atoms with Crippen molar-refractivity contribution in [2.45, 2.75) is 58.6 Å². The number of ether oxygens (including phenoxy) is 1. The number of nitrogens with one attached hydrogen (secondary N) is 1. The van der Waals surface area contributed by atoms with Gasteiger partial charge >= 0.3 is 0 Å². The van der Waals surface area contributed by atoms with E-state index in [0.717, 1.165) is 44.3 Å². The van der Waals surface area contributed by atoms with Crippen LogP contribution in [0.15, 0.2) is 11.1 Å². The predicted octanol–water partition coefficient (Wildman–Crippen LogP) is 2.87. The van der Waals surface area contributed by atoms with Gasteiger partial charge in [0.2, 0.25) is 0 Å². The zero-order valence-electron chi connectivity index (χ0n) is 14.8. The van der Waals surface area contributed by atoms with Gasteiger partial charge in [-0.2, -0.15) is 0 Å². The lowest BCUT2D eigenvalue weighted by Gasteiger charge is -2.10. The molecule has 3 heterocycles. The summed E-state index contributed by atoms with van der Waals surface area (Å²) in [6.07, 6.45) is 6.89. The van der Waals surface area contributed by atoms with Gasteiger partial charge < -0.3 is 10.1 Å². The van der Waals surface area contributed by atoms with Crippen molar-refractivity contribution in [3.63, 3.8) is 0 Å². The molecule has 0 radical (unpaired) electrons. The van der Waals surface area contributed by atoms with E-state index in [1.807, 2.05) is 6.92 Å². The van der Waals surface area contributed by atoms with Crippen molar-refractivity contribution < 1.29 is 9.53 Å². The average molecular weight is 363 g/mol. The Balaban J connectivity index is 1.79. The number of rotatable bonds is 7. The molecule has 136 valence electrons. The predicted molar refractivity (Wildman–Crippen MR) is 99.4 cm³/mol. The van der Waals surface area contributed by atoms with Crippen molar-refractivity contribution in [1.29, 1.82) is 0 Å². The molecule has 0 aliphatic carbocycles. The van der Waals surface area contributed by atoms with Crippen molar-refractivity contribution in [3.05, 3.63) is 27.1 Å². The molecule has 7 heteroatoms. The van der Waals surface area contributed by atoms with Crippen LogP contribution in [0.3, 0.4) is 0 Å². The molecule has 1 amide bonds. The second kappa shape index (κ2) is 8.10. The Morgan fingerprint density at radius 3 is 3.04 bits per heavy atom. The molecule has 1 aliphatic heterocycles. The standard InChI is InChI=1S/C18H25N3O3S/c1-3-4-5-8-21-11-20-17-14(18(21)23)12(2)15(25-17)16(22)19-10-13-7-6-9-24-13/h11,13H,3-10H2,1-2H3,(H,19,22). The van der Waals surface area contributed by atoms with Crippen LogP contribution < -0.4 is 10.9 Å². The molecule has 1 N–H and O–H groups in total. The fourth-order valence-electron chi connectivity index (χ4n) is 3.16. The van der Waals surface area contributed by atoms with Crippen LogP contribution in [0.2, 0.25) is 0 Å². The van der Waals surface area contributed by atoms with Gasteiger partial charge in [0.1, 0.15) is 4.83 Å². The Morgan fingerprint density at radius 1 is 1.48 bits per heavy atom. The molecule has 3 rings (SSSR count). The number of nitrogens with zero attached hydrogens (tertiary/aromatic N) is 2. The Kier molecular flexibility index (Phi) is 5.86. The van der Waals surface area contributed by atoms with Gasteiger partial charge in [0, 0.05) is 19.7 Å². The third kappa shape index (κ3) is 3.93. The number of hydrogen-bond donors (Lipinski definition) is 1. The third-order valence-electron chi connectivity index (χ3n) is 4.64. The molecule has 1 aliphatic rings. The zero-order chi connectivity index (χ0) is 17.8. The molecular weight excluding hydrogens is 338 g/mol. The highest BCUT2D eigenvalue weighted by Gasteiger charge is 2.21. The number of hydrogen-bond acceptors (Lipinski definition) is 5. The summed E-state index contributed by atoms with van der Waals surface area (Å²) in [5.41, 5.74) is 0.681. The minimum Gasteiger partial charge on any atom is -0.376 e. The van der Waals surface area contributed by atoms with Crippen molar-refractivity contribution in [2.75, 3.05) is 13.2 Å². The number of amides is 1. The van der Waals surface area contributed by atoms with E-state index in [4.69, 9.17) is 4.74 Å². The van der Waals surface area contributed by atoms with Gasteiger partial charge in [-0.1, -0.05) is 19.8 Å². The van der Waals surface area contributed by atoms with Crippen molar-refractivity contribution in [2.24, 2.45) is 0 Å². The van der Waals surface area contributed by atoms with Gasteiger partial charge in [-0.25, -0.2) is 4.98 Å². The van der Waals surface area contributed by atoms with Crippen LogP contribution in [0.1, 0.15) is 54.3 Å². The average Bonchev–Trinajstić information content (AvgIpc) is 3.23. The Labute approximate surface area is 151 Å². The quantitative estimate of drug-likeness (QED) is 0.768. The van der Waals surface area contributed by atoms with Crippen LogP contribution in [0.4, 0.5) is 0 Å². The topological polar surface area (TPSA) is 73.2 Å². The summed E-state index contributed by atoms with van der Waals surface area (Å²) in [4.78, 5) is 30.8. The van der Waals surface area contributed by atoms with Crippen LogP contribution in [0.5, 0.6) is 0 Å². The summed E-state index contributed by atoms with van der Waals surface area (Å²) in [6.45, 7) is 5.92. The summed E-state index contributed by atoms with van der Waals surface area (Å²) >= 11 is 1.29. The van der Waals surface area contributed by atoms with E-state index in [0.29, 0.717) is 28.2 Å². The lowest BCUT2D eigenvalue weighted by Crippen LogP contribution is -2.31. The minimum atomic E-state index is -0.145. The zero-order valence-corrected chi connectivity index (χ0v) is 15.7. The molecule has 0 aromatic carbocycles. The molecule has 1 saturated heterocycles. The maximum absolute atomic E-state index is 12.7. The van der Waals surface area contributed by atoms with Crippen LogP contribution in [-0.4, -0.2) is 34.7 Å². The fraction of sp³-hybridized carbons (Fsp3) is 0.611. The number of carbonyl (C=O) groups excluding carboxylic acids is 1. The summed E-state index contributed by atoms with van der Waals surface area (Å²) in [5.74, 6) is -0.145. The van der Waals surface area contributed by atoms with Crippen molar-refractivity contribution >= 4 is 27.5 Å². The first-order chi connectivity index (χ1) is 12.1. The SMILES string of the molecule is CCCCCn1cnc2sc(C(=O)NCC3CCCO3)c(C)c2c1=O. The molecule has 0 spiro atoms. The third-order valence-corrected chi connectivity index (χ3v) is 5.84. The largest absolute Gasteiger partial charge is 0.376 e. The van der Waals surface area contributed by atoms with Gasteiger partial charge in [0.05, 0.1) is 22.7 Å². The minimum absolute atomic E-state index is 0.0481. The van der Waals surface area contributed by atoms with E-state index in [2.05, 4.69) is 17.2 Å². The molecule has 1 atom stereocenters. The number of unbranched alkanes of at least 4 members (excludes halogenated alkanes) is 2. The lowest BCUT2D eigenvalue weighted by atomic mass is 10.2. The second-order valence-electron chi connectivity index (χ2n) is 6.53. The first-order valence-electron chi connectivity index (χ1n) is 9.00. The van der Waals surface area contributed by atoms with Crippen LogP contribution in [0, 0.1) is 6.92 Å². The van der Waals surface area contributed by atoms with E-state index in [-0.39, 0.29) is 17.6 Å². The summed E-state index contributed by atoms with van der Waals surface area (Å²) in [5, 5.41) is 3.50. The highest BCUT2D eigenvalue weighted by Crippen LogP contribution is 2.26. The Bertz CT molecular complexity index is 806. The molecule has 2 aromatic rings. The molecule has 2 aromatic heterocycles. The van der Waals surface area contributed by atoms with Crippen LogP contribution in [0.25, 0.3) is 10.2 Å². The van der Waals surface area contributed by atoms with Crippen LogP contribution in [-0.2, 0) is 11.3 Å². The van der Waals surface area contributed by atoms with Crippen molar-refractivity contribution in [3.8, 4) is 0 Å². The molecule has 1 fully saturated rings. The lowest BCUT2D eigenvalue weighted by molar-refractivity contribution is 0.0860. The van der Waals surface area contributed by atoms with Gasteiger partial charge in [0.15, 0.2) is 0 Å². The second-order valence-corrected chi connectivity index (χ2v) is 7.53.